The summed E-state index contributed by atoms with van der Waals surface area (Å²) < 4.78 is 5.77. The molecule has 0 aromatic heterocycles. The molecule has 0 saturated carbocycles. The quantitative estimate of drug-likeness (QED) is 0.859. The Morgan fingerprint density at radius 1 is 1.38 bits per heavy atom. The number of carbonyl (C=O) groups is 2. The van der Waals surface area contributed by atoms with Gasteiger partial charge in [0.1, 0.15) is 6.04 Å². The minimum absolute atomic E-state index is 0.0202. The summed E-state index contributed by atoms with van der Waals surface area (Å²) >= 11 is 0. The van der Waals surface area contributed by atoms with Crippen LogP contribution < -0.4 is 5.32 Å². The molecule has 0 aliphatic carbocycles. The van der Waals surface area contributed by atoms with Crippen LogP contribution >= 0.6 is 0 Å². The zero-order chi connectivity index (χ0) is 15.4. The number of nitrogens with zero attached hydrogens (tertiary/aromatic N) is 1. The molecule has 2 aliphatic heterocycles. The number of ether oxygens (including phenoxy) is 1. The SMILES string of the molecule is CCC(C)C1NC(=O)CC(C)N(CC2CCCCO2)C1=O. The van der Waals surface area contributed by atoms with Crippen molar-refractivity contribution in [2.45, 2.75) is 71.1 Å². The molecule has 2 fully saturated rings. The lowest BCUT2D eigenvalue weighted by Gasteiger charge is -2.34. The zero-order valence-electron chi connectivity index (χ0n) is 13.4. The van der Waals surface area contributed by atoms with Crippen LogP contribution in [-0.4, -0.2) is 48.1 Å². The van der Waals surface area contributed by atoms with Crippen molar-refractivity contribution in [3.63, 3.8) is 0 Å². The lowest BCUT2D eigenvalue weighted by molar-refractivity contribution is -0.139. The van der Waals surface area contributed by atoms with Gasteiger partial charge in [0.2, 0.25) is 11.8 Å². The molecule has 4 unspecified atom stereocenters. The van der Waals surface area contributed by atoms with Crippen molar-refractivity contribution >= 4 is 11.8 Å². The van der Waals surface area contributed by atoms with Crippen LogP contribution in [0.2, 0.25) is 0 Å². The highest BCUT2D eigenvalue weighted by molar-refractivity contribution is 5.90. The van der Waals surface area contributed by atoms with Crippen LogP contribution in [-0.2, 0) is 14.3 Å². The van der Waals surface area contributed by atoms with E-state index in [0.717, 1.165) is 32.3 Å². The molecule has 2 rings (SSSR count). The summed E-state index contributed by atoms with van der Waals surface area (Å²) in [5, 5.41) is 2.91. The molecule has 2 amide bonds. The molecule has 0 radical (unpaired) electrons. The van der Waals surface area contributed by atoms with E-state index in [-0.39, 0.29) is 29.9 Å². The van der Waals surface area contributed by atoms with Crippen molar-refractivity contribution in [1.82, 2.24) is 10.2 Å². The van der Waals surface area contributed by atoms with Gasteiger partial charge in [-0.25, -0.2) is 0 Å². The smallest absolute Gasteiger partial charge is 0.245 e. The number of amides is 2. The minimum Gasteiger partial charge on any atom is -0.376 e. The number of hydrogen-bond donors (Lipinski definition) is 1. The third-order valence-corrected chi connectivity index (χ3v) is 4.77. The zero-order valence-corrected chi connectivity index (χ0v) is 13.4. The van der Waals surface area contributed by atoms with Gasteiger partial charge >= 0.3 is 0 Å². The van der Waals surface area contributed by atoms with Gasteiger partial charge < -0.3 is 15.0 Å². The Morgan fingerprint density at radius 3 is 2.76 bits per heavy atom. The maximum Gasteiger partial charge on any atom is 0.245 e. The Bertz CT molecular complexity index is 380. The topological polar surface area (TPSA) is 58.6 Å². The second-order valence-corrected chi connectivity index (χ2v) is 6.46. The number of nitrogens with one attached hydrogen (secondary N) is 1. The van der Waals surface area contributed by atoms with E-state index in [0.29, 0.717) is 13.0 Å². The average molecular weight is 296 g/mol. The predicted molar refractivity (Wildman–Crippen MR) is 80.8 cm³/mol. The maximum atomic E-state index is 12.8. The summed E-state index contributed by atoms with van der Waals surface area (Å²) in [6.45, 7) is 7.43. The average Bonchev–Trinajstić information content (AvgIpc) is 2.58. The van der Waals surface area contributed by atoms with Gasteiger partial charge in [-0.2, -0.15) is 0 Å². The highest BCUT2D eigenvalue weighted by atomic mass is 16.5. The first kappa shape index (κ1) is 16.3. The van der Waals surface area contributed by atoms with Crippen molar-refractivity contribution in [2.75, 3.05) is 13.2 Å². The lowest BCUT2D eigenvalue weighted by atomic mass is 9.97. The van der Waals surface area contributed by atoms with E-state index in [2.05, 4.69) is 5.32 Å². The van der Waals surface area contributed by atoms with Crippen molar-refractivity contribution < 1.29 is 14.3 Å². The standard InChI is InChI=1S/C16H28N2O3/c1-4-11(2)15-16(20)18(12(3)9-14(19)17-15)10-13-7-5-6-8-21-13/h11-13,15H,4-10H2,1-3H3,(H,17,19). The molecule has 1 N–H and O–H groups in total. The predicted octanol–water partition coefficient (Wildman–Crippen LogP) is 1.71. The first-order valence-electron chi connectivity index (χ1n) is 8.24. The molecule has 5 heteroatoms. The van der Waals surface area contributed by atoms with E-state index < -0.39 is 6.04 Å². The summed E-state index contributed by atoms with van der Waals surface area (Å²) in [5.41, 5.74) is 0. The van der Waals surface area contributed by atoms with Gasteiger partial charge in [-0.05, 0) is 32.1 Å². The van der Waals surface area contributed by atoms with E-state index in [1.807, 2.05) is 25.7 Å². The van der Waals surface area contributed by atoms with Crippen molar-refractivity contribution in [1.29, 1.82) is 0 Å². The Kier molecular flexibility index (Phi) is 5.62. The summed E-state index contributed by atoms with van der Waals surface area (Å²) in [6.07, 6.45) is 4.65. The fourth-order valence-corrected chi connectivity index (χ4v) is 3.13. The van der Waals surface area contributed by atoms with Crippen LogP contribution in [0.5, 0.6) is 0 Å². The van der Waals surface area contributed by atoms with Crippen LogP contribution in [0.15, 0.2) is 0 Å². The molecule has 4 atom stereocenters. The Labute approximate surface area is 127 Å². The third-order valence-electron chi connectivity index (χ3n) is 4.77. The van der Waals surface area contributed by atoms with Crippen LogP contribution in [0.25, 0.3) is 0 Å². The normalized spacial score (nSPS) is 32.5. The van der Waals surface area contributed by atoms with Gasteiger partial charge in [0, 0.05) is 25.6 Å². The van der Waals surface area contributed by atoms with Crippen molar-refractivity contribution in [2.24, 2.45) is 5.92 Å². The van der Waals surface area contributed by atoms with Gasteiger partial charge in [0.05, 0.1) is 6.10 Å². The molecule has 0 aromatic rings. The molecular formula is C16H28N2O3. The molecule has 2 heterocycles. The summed E-state index contributed by atoms with van der Waals surface area (Å²) in [4.78, 5) is 26.7. The molecule has 0 aromatic carbocycles. The van der Waals surface area contributed by atoms with E-state index in [4.69, 9.17) is 4.74 Å². The molecule has 120 valence electrons. The number of hydrogen-bond acceptors (Lipinski definition) is 3. The molecule has 2 saturated heterocycles. The molecular weight excluding hydrogens is 268 g/mol. The molecule has 21 heavy (non-hydrogen) atoms. The fourth-order valence-electron chi connectivity index (χ4n) is 3.13. The van der Waals surface area contributed by atoms with Crippen molar-refractivity contribution in [3.8, 4) is 0 Å². The molecule has 5 nitrogen and oxygen atoms in total. The molecule has 2 aliphatic rings. The summed E-state index contributed by atoms with van der Waals surface area (Å²) in [6, 6.07) is -0.451. The number of rotatable bonds is 4. The van der Waals surface area contributed by atoms with E-state index in [1.165, 1.54) is 0 Å². The van der Waals surface area contributed by atoms with E-state index in [9.17, 15) is 9.59 Å². The highest BCUT2D eigenvalue weighted by Gasteiger charge is 2.37. The molecule has 0 spiro atoms. The first-order valence-corrected chi connectivity index (χ1v) is 8.24. The van der Waals surface area contributed by atoms with E-state index in [1.54, 1.807) is 0 Å². The van der Waals surface area contributed by atoms with Gasteiger partial charge in [-0.15, -0.1) is 0 Å². The van der Waals surface area contributed by atoms with Gasteiger partial charge in [0.15, 0.2) is 0 Å². The maximum absolute atomic E-state index is 12.8. The first-order chi connectivity index (χ1) is 10.0. The Hall–Kier alpha value is -1.10. The van der Waals surface area contributed by atoms with Gasteiger partial charge in [0.25, 0.3) is 0 Å². The van der Waals surface area contributed by atoms with Crippen LogP contribution in [0.1, 0.15) is 52.9 Å². The van der Waals surface area contributed by atoms with Gasteiger partial charge in [-0.3, -0.25) is 9.59 Å². The largest absolute Gasteiger partial charge is 0.376 e. The Balaban J connectivity index is 2.11. The highest BCUT2D eigenvalue weighted by Crippen LogP contribution is 2.21. The minimum atomic E-state index is -0.393. The van der Waals surface area contributed by atoms with Gasteiger partial charge in [-0.1, -0.05) is 20.3 Å². The fraction of sp³-hybridized carbons (Fsp3) is 0.875. The monoisotopic (exact) mass is 296 g/mol. The summed E-state index contributed by atoms with van der Waals surface area (Å²) in [5.74, 6) is 0.187. The summed E-state index contributed by atoms with van der Waals surface area (Å²) in [7, 11) is 0. The van der Waals surface area contributed by atoms with Crippen LogP contribution in [0.3, 0.4) is 0 Å². The van der Waals surface area contributed by atoms with Crippen molar-refractivity contribution in [3.05, 3.63) is 0 Å². The van der Waals surface area contributed by atoms with Crippen LogP contribution in [0, 0.1) is 5.92 Å². The van der Waals surface area contributed by atoms with E-state index >= 15 is 0 Å². The third kappa shape index (κ3) is 3.96. The van der Waals surface area contributed by atoms with Crippen LogP contribution in [0.4, 0.5) is 0 Å². The second kappa shape index (κ2) is 7.25. The lowest BCUT2D eigenvalue weighted by Crippen LogP contribution is -2.51. The molecule has 0 bridgehead atoms. The second-order valence-electron chi connectivity index (χ2n) is 6.46. The Morgan fingerprint density at radius 2 is 2.14 bits per heavy atom. The number of carbonyl (C=O) groups excluding carboxylic acids is 2.